The smallest absolute Gasteiger partial charge is 0.293 e. The SMILES string of the molecule is CS(=O)(=O)c1ccc(NCc2ccccc2CN2CCOCC2)c([N+](=O)[O-])c1. The molecule has 1 fully saturated rings. The number of nitro groups is 1. The van der Waals surface area contributed by atoms with Crippen LogP contribution in [0.25, 0.3) is 0 Å². The van der Waals surface area contributed by atoms with E-state index in [1.807, 2.05) is 24.3 Å². The summed E-state index contributed by atoms with van der Waals surface area (Å²) in [4.78, 5) is 13.1. The van der Waals surface area contributed by atoms with E-state index in [1.165, 1.54) is 12.1 Å². The molecule has 0 spiro atoms. The van der Waals surface area contributed by atoms with E-state index < -0.39 is 14.8 Å². The zero-order valence-corrected chi connectivity index (χ0v) is 16.4. The van der Waals surface area contributed by atoms with Crippen LogP contribution in [0.3, 0.4) is 0 Å². The molecule has 2 aromatic carbocycles. The third kappa shape index (κ3) is 5.06. The maximum Gasteiger partial charge on any atom is 0.293 e. The summed E-state index contributed by atoms with van der Waals surface area (Å²) in [5.74, 6) is 0. The van der Waals surface area contributed by atoms with Crippen molar-refractivity contribution in [3.63, 3.8) is 0 Å². The number of sulfone groups is 1. The van der Waals surface area contributed by atoms with E-state index in [-0.39, 0.29) is 10.6 Å². The first-order valence-corrected chi connectivity index (χ1v) is 10.8. The average Bonchev–Trinajstić information content (AvgIpc) is 2.67. The van der Waals surface area contributed by atoms with E-state index in [1.54, 1.807) is 0 Å². The van der Waals surface area contributed by atoms with Crippen molar-refractivity contribution >= 4 is 21.2 Å². The first-order valence-electron chi connectivity index (χ1n) is 8.94. The predicted octanol–water partition coefficient (Wildman–Crippen LogP) is 2.44. The third-order valence-electron chi connectivity index (χ3n) is 4.68. The Labute approximate surface area is 164 Å². The molecule has 0 saturated carbocycles. The summed E-state index contributed by atoms with van der Waals surface area (Å²) < 4.78 is 28.7. The van der Waals surface area contributed by atoms with Crippen LogP contribution in [0.15, 0.2) is 47.4 Å². The van der Waals surface area contributed by atoms with Crippen LogP contribution >= 0.6 is 0 Å². The molecule has 1 aliphatic rings. The molecule has 2 aromatic rings. The largest absolute Gasteiger partial charge is 0.379 e. The predicted molar refractivity (Wildman–Crippen MR) is 106 cm³/mol. The van der Waals surface area contributed by atoms with Crippen molar-refractivity contribution in [3.05, 3.63) is 63.7 Å². The number of ether oxygens (including phenoxy) is 1. The lowest BCUT2D eigenvalue weighted by atomic mass is 10.1. The lowest BCUT2D eigenvalue weighted by molar-refractivity contribution is -0.384. The van der Waals surface area contributed by atoms with Crippen LogP contribution in [-0.2, 0) is 27.7 Å². The van der Waals surface area contributed by atoms with Gasteiger partial charge in [-0.25, -0.2) is 8.42 Å². The topological polar surface area (TPSA) is 102 Å². The number of rotatable bonds is 7. The number of nitrogens with one attached hydrogen (secondary N) is 1. The van der Waals surface area contributed by atoms with E-state index in [0.717, 1.165) is 56.3 Å². The van der Waals surface area contributed by atoms with Gasteiger partial charge in [0.25, 0.3) is 5.69 Å². The van der Waals surface area contributed by atoms with Gasteiger partial charge in [0.15, 0.2) is 9.84 Å². The highest BCUT2D eigenvalue weighted by molar-refractivity contribution is 7.90. The van der Waals surface area contributed by atoms with Gasteiger partial charge in [-0.05, 0) is 23.3 Å². The second-order valence-electron chi connectivity index (χ2n) is 6.72. The van der Waals surface area contributed by atoms with Gasteiger partial charge < -0.3 is 10.1 Å². The molecular weight excluding hydrogens is 382 g/mol. The molecule has 0 unspecified atom stereocenters. The molecule has 150 valence electrons. The Balaban J connectivity index is 1.78. The third-order valence-corrected chi connectivity index (χ3v) is 5.79. The van der Waals surface area contributed by atoms with E-state index in [2.05, 4.69) is 10.2 Å². The number of anilines is 1. The van der Waals surface area contributed by atoms with Crippen molar-refractivity contribution in [2.24, 2.45) is 0 Å². The van der Waals surface area contributed by atoms with E-state index in [9.17, 15) is 18.5 Å². The van der Waals surface area contributed by atoms with Crippen LogP contribution in [0, 0.1) is 10.1 Å². The molecule has 0 aliphatic carbocycles. The van der Waals surface area contributed by atoms with Gasteiger partial charge in [-0.1, -0.05) is 24.3 Å². The van der Waals surface area contributed by atoms with Gasteiger partial charge >= 0.3 is 0 Å². The first kappa shape index (κ1) is 20.2. The van der Waals surface area contributed by atoms with Crippen LogP contribution < -0.4 is 5.32 Å². The minimum atomic E-state index is -3.51. The highest BCUT2D eigenvalue weighted by Gasteiger charge is 2.19. The van der Waals surface area contributed by atoms with Gasteiger partial charge in [-0.2, -0.15) is 0 Å². The van der Waals surface area contributed by atoms with Crippen molar-refractivity contribution in [3.8, 4) is 0 Å². The molecule has 1 saturated heterocycles. The van der Waals surface area contributed by atoms with Gasteiger partial charge in [-0.3, -0.25) is 15.0 Å². The molecule has 8 nitrogen and oxygen atoms in total. The quantitative estimate of drug-likeness (QED) is 0.557. The Bertz CT molecular complexity index is 956. The monoisotopic (exact) mass is 405 g/mol. The number of morpholine rings is 1. The molecule has 0 radical (unpaired) electrons. The van der Waals surface area contributed by atoms with E-state index >= 15 is 0 Å². The van der Waals surface area contributed by atoms with Gasteiger partial charge in [0, 0.05) is 38.5 Å². The van der Waals surface area contributed by atoms with Gasteiger partial charge in [-0.15, -0.1) is 0 Å². The van der Waals surface area contributed by atoms with Crippen LogP contribution in [0.1, 0.15) is 11.1 Å². The maximum absolute atomic E-state index is 11.7. The fourth-order valence-corrected chi connectivity index (χ4v) is 3.76. The zero-order valence-electron chi connectivity index (χ0n) is 15.6. The lowest BCUT2D eigenvalue weighted by Gasteiger charge is -2.27. The molecule has 0 amide bonds. The van der Waals surface area contributed by atoms with Crippen molar-refractivity contribution in [1.29, 1.82) is 0 Å². The molecule has 1 aliphatic heterocycles. The molecule has 0 atom stereocenters. The normalized spacial score (nSPS) is 15.3. The Morgan fingerprint density at radius 3 is 2.46 bits per heavy atom. The maximum atomic E-state index is 11.7. The summed E-state index contributed by atoms with van der Waals surface area (Å²) in [7, 11) is -3.51. The van der Waals surface area contributed by atoms with Crippen molar-refractivity contribution in [2.45, 2.75) is 18.0 Å². The lowest BCUT2D eigenvalue weighted by Crippen LogP contribution is -2.35. The molecule has 3 rings (SSSR count). The van der Waals surface area contributed by atoms with Crippen molar-refractivity contribution < 1.29 is 18.1 Å². The first-order chi connectivity index (χ1) is 13.3. The van der Waals surface area contributed by atoms with E-state index in [4.69, 9.17) is 4.74 Å². The second-order valence-corrected chi connectivity index (χ2v) is 8.73. The van der Waals surface area contributed by atoms with Gasteiger partial charge in [0.05, 0.1) is 23.0 Å². The van der Waals surface area contributed by atoms with Gasteiger partial charge in [0.2, 0.25) is 0 Å². The van der Waals surface area contributed by atoms with Crippen molar-refractivity contribution in [2.75, 3.05) is 37.9 Å². The highest BCUT2D eigenvalue weighted by Crippen LogP contribution is 2.28. The Hall–Kier alpha value is -2.49. The van der Waals surface area contributed by atoms with Gasteiger partial charge in [0.1, 0.15) is 5.69 Å². The number of hydrogen-bond donors (Lipinski definition) is 1. The molecule has 1 heterocycles. The standard InChI is InChI=1S/C19H23N3O5S/c1-28(25,26)17-6-7-18(19(12-17)22(23)24)20-13-15-4-2-3-5-16(15)14-21-8-10-27-11-9-21/h2-7,12,20H,8-11,13-14H2,1H3. The Kier molecular flexibility index (Phi) is 6.28. The molecule has 0 aromatic heterocycles. The Morgan fingerprint density at radius 1 is 1.14 bits per heavy atom. The summed E-state index contributed by atoms with van der Waals surface area (Å²) in [6.07, 6.45) is 1.03. The minimum Gasteiger partial charge on any atom is -0.379 e. The number of hydrogen-bond acceptors (Lipinski definition) is 7. The fourth-order valence-electron chi connectivity index (χ4n) is 3.12. The average molecular weight is 405 g/mol. The summed E-state index contributed by atoms with van der Waals surface area (Å²) >= 11 is 0. The summed E-state index contributed by atoms with van der Waals surface area (Å²) in [5, 5.41) is 14.5. The molecule has 9 heteroatoms. The zero-order chi connectivity index (χ0) is 20.1. The minimum absolute atomic E-state index is 0.0718. The number of nitro benzene ring substituents is 1. The van der Waals surface area contributed by atoms with Crippen LogP contribution in [0.2, 0.25) is 0 Å². The number of benzene rings is 2. The molecule has 1 N–H and O–H groups in total. The summed E-state index contributed by atoms with van der Waals surface area (Å²) in [6.45, 7) is 4.38. The fraction of sp³-hybridized carbons (Fsp3) is 0.368. The summed E-state index contributed by atoms with van der Waals surface area (Å²) in [5.41, 5.74) is 2.22. The van der Waals surface area contributed by atoms with Crippen LogP contribution in [0.5, 0.6) is 0 Å². The summed E-state index contributed by atoms with van der Waals surface area (Å²) in [6, 6.07) is 11.9. The van der Waals surface area contributed by atoms with E-state index in [0.29, 0.717) is 12.2 Å². The van der Waals surface area contributed by atoms with Crippen LogP contribution in [-0.4, -0.2) is 50.8 Å². The Morgan fingerprint density at radius 2 is 1.82 bits per heavy atom. The molecular formula is C19H23N3O5S. The molecule has 0 bridgehead atoms. The second kappa shape index (κ2) is 8.68. The van der Waals surface area contributed by atoms with Crippen LogP contribution in [0.4, 0.5) is 11.4 Å². The van der Waals surface area contributed by atoms with Crippen molar-refractivity contribution in [1.82, 2.24) is 4.90 Å². The number of nitrogens with zero attached hydrogens (tertiary/aromatic N) is 2. The molecule has 28 heavy (non-hydrogen) atoms. The highest BCUT2D eigenvalue weighted by atomic mass is 32.2.